The van der Waals surface area contributed by atoms with Crippen molar-refractivity contribution in [3.8, 4) is 0 Å². The lowest BCUT2D eigenvalue weighted by atomic mass is 10.1. The highest BCUT2D eigenvalue weighted by molar-refractivity contribution is 6.02. The van der Waals surface area contributed by atoms with Gasteiger partial charge in [-0.2, -0.15) is 0 Å². The number of nitrogen functional groups attached to an aromatic ring is 1. The van der Waals surface area contributed by atoms with Crippen LogP contribution in [0.4, 0.5) is 11.4 Å². The van der Waals surface area contributed by atoms with Gasteiger partial charge in [-0.1, -0.05) is 6.07 Å². The van der Waals surface area contributed by atoms with Gasteiger partial charge in [0.05, 0.1) is 19.1 Å². The summed E-state index contributed by atoms with van der Waals surface area (Å²) in [6.45, 7) is 3.46. The summed E-state index contributed by atoms with van der Waals surface area (Å²) < 4.78 is 0. The molecule has 0 aromatic heterocycles. The molecule has 7 heteroatoms. The number of carbonyl (C=O) groups excluding carboxylic acids is 3. The third-order valence-electron chi connectivity index (χ3n) is 3.53. The highest BCUT2D eigenvalue weighted by Crippen LogP contribution is 2.20. The predicted molar refractivity (Wildman–Crippen MR) is 78.4 cm³/mol. The average molecular weight is 290 g/mol. The van der Waals surface area contributed by atoms with Gasteiger partial charge in [0.2, 0.25) is 17.7 Å². The smallest absolute Gasteiger partial charge is 0.243 e. The zero-order chi connectivity index (χ0) is 15.6. The van der Waals surface area contributed by atoms with Crippen LogP contribution in [0, 0.1) is 6.92 Å². The molecule has 1 aliphatic heterocycles. The van der Waals surface area contributed by atoms with Crippen molar-refractivity contribution in [3.63, 3.8) is 0 Å². The van der Waals surface area contributed by atoms with Gasteiger partial charge in [-0.15, -0.1) is 0 Å². The Kier molecular flexibility index (Phi) is 4.23. The fourth-order valence-electron chi connectivity index (χ4n) is 2.12. The molecule has 0 bridgehead atoms. The Morgan fingerprint density at radius 3 is 2.90 bits per heavy atom. The highest BCUT2D eigenvalue weighted by Gasteiger charge is 2.31. The highest BCUT2D eigenvalue weighted by atomic mass is 16.2. The zero-order valence-electron chi connectivity index (χ0n) is 12.0. The lowest BCUT2D eigenvalue weighted by molar-refractivity contribution is -0.140. The Hall–Kier alpha value is -2.41. The van der Waals surface area contributed by atoms with E-state index in [1.807, 2.05) is 6.92 Å². The minimum absolute atomic E-state index is 0.0240. The van der Waals surface area contributed by atoms with Crippen molar-refractivity contribution in [2.75, 3.05) is 24.1 Å². The van der Waals surface area contributed by atoms with E-state index in [2.05, 4.69) is 10.6 Å². The van der Waals surface area contributed by atoms with Crippen LogP contribution in [0.15, 0.2) is 18.2 Å². The number of nitrogens with two attached hydrogens (primary N) is 1. The van der Waals surface area contributed by atoms with Crippen molar-refractivity contribution in [1.82, 2.24) is 10.2 Å². The molecule has 1 unspecified atom stereocenters. The Balaban J connectivity index is 2.03. The molecule has 3 amide bonds. The number of nitrogens with one attached hydrogen (secondary N) is 2. The van der Waals surface area contributed by atoms with Crippen LogP contribution in [0.2, 0.25) is 0 Å². The third-order valence-corrected chi connectivity index (χ3v) is 3.53. The molecule has 1 saturated heterocycles. The Labute approximate surface area is 122 Å². The Morgan fingerprint density at radius 1 is 1.48 bits per heavy atom. The second-order valence-electron chi connectivity index (χ2n) is 5.06. The maximum Gasteiger partial charge on any atom is 0.243 e. The molecule has 0 aliphatic carbocycles. The van der Waals surface area contributed by atoms with Crippen molar-refractivity contribution < 1.29 is 14.4 Å². The van der Waals surface area contributed by atoms with Gasteiger partial charge in [-0.25, -0.2) is 0 Å². The van der Waals surface area contributed by atoms with E-state index in [-0.39, 0.29) is 24.9 Å². The topological polar surface area (TPSA) is 105 Å². The van der Waals surface area contributed by atoms with Gasteiger partial charge >= 0.3 is 0 Å². The maximum absolute atomic E-state index is 12.1. The van der Waals surface area contributed by atoms with Crippen LogP contribution in [0.5, 0.6) is 0 Å². The number of nitrogens with zero attached hydrogens (tertiary/aromatic N) is 1. The molecule has 7 nitrogen and oxygen atoms in total. The summed E-state index contributed by atoms with van der Waals surface area (Å²) in [4.78, 5) is 36.5. The number of benzene rings is 1. The molecule has 1 aromatic rings. The van der Waals surface area contributed by atoms with Crippen LogP contribution in [0.25, 0.3) is 0 Å². The van der Waals surface area contributed by atoms with Crippen molar-refractivity contribution >= 4 is 29.1 Å². The summed E-state index contributed by atoms with van der Waals surface area (Å²) in [5.74, 6) is -1.08. The molecule has 0 radical (unpaired) electrons. The van der Waals surface area contributed by atoms with Crippen molar-refractivity contribution in [3.05, 3.63) is 23.8 Å². The lowest BCUT2D eigenvalue weighted by Crippen LogP contribution is -2.58. The monoisotopic (exact) mass is 290 g/mol. The first-order valence-electron chi connectivity index (χ1n) is 6.61. The summed E-state index contributed by atoms with van der Waals surface area (Å²) in [5, 5.41) is 4.98. The molecule has 0 spiro atoms. The third kappa shape index (κ3) is 3.38. The van der Waals surface area contributed by atoms with Gasteiger partial charge in [0.1, 0.15) is 0 Å². The lowest BCUT2D eigenvalue weighted by Gasteiger charge is -2.30. The largest absolute Gasteiger partial charge is 0.398 e. The van der Waals surface area contributed by atoms with Gasteiger partial charge < -0.3 is 11.1 Å². The number of hydrogen-bond donors (Lipinski definition) is 3. The van der Waals surface area contributed by atoms with Gasteiger partial charge in [-0.3, -0.25) is 24.6 Å². The van der Waals surface area contributed by atoms with Gasteiger partial charge in [0, 0.05) is 11.4 Å². The number of piperazine rings is 1. The standard InChI is InChI=1S/C14H18N4O3/c1-8-10(15)4-3-5-11(8)16-12(19)6-18-7-13(20)17-14(21)9(18)2/h3-5,9H,6-7,15H2,1-2H3,(H,16,19)(H,17,20,21). The minimum Gasteiger partial charge on any atom is -0.398 e. The predicted octanol–water partition coefficient (Wildman–Crippen LogP) is -0.137. The van der Waals surface area contributed by atoms with Crippen LogP contribution >= 0.6 is 0 Å². The van der Waals surface area contributed by atoms with E-state index in [1.54, 1.807) is 25.1 Å². The number of rotatable bonds is 3. The van der Waals surface area contributed by atoms with E-state index in [9.17, 15) is 14.4 Å². The molecule has 1 atom stereocenters. The van der Waals surface area contributed by atoms with Crippen LogP contribution in [-0.2, 0) is 14.4 Å². The number of carbonyl (C=O) groups is 3. The number of anilines is 2. The van der Waals surface area contributed by atoms with Crippen LogP contribution in [-0.4, -0.2) is 41.8 Å². The Bertz CT molecular complexity index is 600. The second-order valence-corrected chi connectivity index (χ2v) is 5.06. The molecule has 4 N–H and O–H groups in total. The summed E-state index contributed by atoms with van der Waals surface area (Å²) in [6.07, 6.45) is 0. The SMILES string of the molecule is Cc1c(N)cccc1NC(=O)CN1CC(=O)NC(=O)C1C. The van der Waals surface area contributed by atoms with E-state index in [1.165, 1.54) is 4.90 Å². The molecule has 1 heterocycles. The summed E-state index contributed by atoms with van der Waals surface area (Å²) in [6, 6.07) is 4.73. The van der Waals surface area contributed by atoms with Crippen molar-refractivity contribution in [2.45, 2.75) is 19.9 Å². The zero-order valence-corrected chi connectivity index (χ0v) is 12.0. The Morgan fingerprint density at radius 2 is 2.19 bits per heavy atom. The second kappa shape index (κ2) is 5.92. The first kappa shape index (κ1) is 15.0. The quantitative estimate of drug-likeness (QED) is 0.531. The fraction of sp³-hybridized carbons (Fsp3) is 0.357. The molecule has 112 valence electrons. The van der Waals surface area contributed by atoms with Crippen molar-refractivity contribution in [1.29, 1.82) is 0 Å². The van der Waals surface area contributed by atoms with E-state index in [0.29, 0.717) is 11.4 Å². The minimum atomic E-state index is -0.518. The van der Waals surface area contributed by atoms with E-state index < -0.39 is 11.9 Å². The molecule has 2 rings (SSSR count). The summed E-state index contributed by atoms with van der Waals surface area (Å²) >= 11 is 0. The first-order valence-corrected chi connectivity index (χ1v) is 6.61. The molecule has 1 aromatic carbocycles. The fourth-order valence-corrected chi connectivity index (χ4v) is 2.12. The number of hydrogen-bond acceptors (Lipinski definition) is 5. The number of imide groups is 1. The molecule has 1 fully saturated rings. The molecular weight excluding hydrogens is 272 g/mol. The molecule has 21 heavy (non-hydrogen) atoms. The van der Waals surface area contributed by atoms with Gasteiger partial charge in [0.15, 0.2) is 0 Å². The molecule has 1 aliphatic rings. The van der Waals surface area contributed by atoms with E-state index >= 15 is 0 Å². The summed E-state index contributed by atoms with van der Waals surface area (Å²) in [7, 11) is 0. The van der Waals surface area contributed by atoms with Gasteiger partial charge in [0.25, 0.3) is 0 Å². The molecular formula is C14H18N4O3. The first-order chi connectivity index (χ1) is 9.88. The normalized spacial score (nSPS) is 19.2. The summed E-state index contributed by atoms with van der Waals surface area (Å²) in [5.41, 5.74) is 7.78. The molecule has 0 saturated carbocycles. The van der Waals surface area contributed by atoms with Crippen LogP contribution in [0.1, 0.15) is 12.5 Å². The maximum atomic E-state index is 12.1. The van der Waals surface area contributed by atoms with Crippen molar-refractivity contribution in [2.24, 2.45) is 0 Å². The van der Waals surface area contributed by atoms with Gasteiger partial charge in [-0.05, 0) is 31.5 Å². The average Bonchev–Trinajstić information content (AvgIpc) is 2.40. The van der Waals surface area contributed by atoms with E-state index in [0.717, 1.165) is 5.56 Å². The number of amides is 3. The van der Waals surface area contributed by atoms with E-state index in [4.69, 9.17) is 5.73 Å². The van der Waals surface area contributed by atoms with Crippen LogP contribution < -0.4 is 16.4 Å². The van der Waals surface area contributed by atoms with Crippen LogP contribution in [0.3, 0.4) is 0 Å².